The van der Waals surface area contributed by atoms with Gasteiger partial charge in [-0.15, -0.1) is 5.06 Å². The lowest BCUT2D eigenvalue weighted by Crippen LogP contribution is -2.34. The molecule has 144 valence electrons. The Morgan fingerprint density at radius 3 is 2.42 bits per heavy atom. The van der Waals surface area contributed by atoms with Crippen molar-refractivity contribution in [2.45, 2.75) is 45.5 Å². The minimum atomic E-state index is -1.19. The van der Waals surface area contributed by atoms with Gasteiger partial charge in [-0.1, -0.05) is 37.3 Å². The Bertz CT molecular complexity index is 588. The molecule has 1 aromatic carbocycles. The van der Waals surface area contributed by atoms with Crippen LogP contribution in [0.5, 0.6) is 0 Å². The molecule has 0 aliphatic rings. The fraction of sp³-hybridized carbons (Fsp3) is 0.500. The Hall–Kier alpha value is -2.45. The van der Waals surface area contributed by atoms with Crippen molar-refractivity contribution in [1.82, 2.24) is 5.06 Å². The molecule has 1 unspecified atom stereocenters. The van der Waals surface area contributed by atoms with Crippen molar-refractivity contribution in [2.24, 2.45) is 0 Å². The van der Waals surface area contributed by atoms with Gasteiger partial charge in [-0.3, -0.25) is 14.4 Å². The smallest absolute Gasteiger partial charge is 0.422 e. The summed E-state index contributed by atoms with van der Waals surface area (Å²) in [6.45, 7) is 5.18. The van der Waals surface area contributed by atoms with E-state index in [0.717, 1.165) is 0 Å². The summed E-state index contributed by atoms with van der Waals surface area (Å²) in [6, 6.07) is 8.88. The van der Waals surface area contributed by atoms with Crippen LogP contribution in [0.1, 0.15) is 45.3 Å². The van der Waals surface area contributed by atoms with E-state index in [-0.39, 0.29) is 19.4 Å². The molecule has 1 atom stereocenters. The zero-order chi connectivity index (χ0) is 19.6. The second-order valence-electron chi connectivity index (χ2n) is 5.85. The number of hydroxylamine groups is 2. The lowest BCUT2D eigenvalue weighted by Gasteiger charge is -2.27. The Kier molecular flexibility index (Phi) is 8.74. The van der Waals surface area contributed by atoms with Gasteiger partial charge in [0.2, 0.25) is 0 Å². The van der Waals surface area contributed by atoms with Crippen molar-refractivity contribution in [3.8, 4) is 0 Å². The number of benzene rings is 1. The first-order valence-corrected chi connectivity index (χ1v) is 8.23. The number of rotatable bonds is 9. The van der Waals surface area contributed by atoms with Crippen LogP contribution >= 0.6 is 0 Å². The third kappa shape index (κ3) is 7.20. The number of methoxy groups -OCH3 is 1. The average molecular weight is 367 g/mol. The third-order valence-corrected chi connectivity index (χ3v) is 3.46. The van der Waals surface area contributed by atoms with Gasteiger partial charge < -0.3 is 14.2 Å². The predicted octanol–water partition coefficient (Wildman–Crippen LogP) is 2.98. The zero-order valence-electron chi connectivity index (χ0n) is 15.5. The van der Waals surface area contributed by atoms with Crippen molar-refractivity contribution in [2.75, 3.05) is 13.7 Å². The van der Waals surface area contributed by atoms with Crippen molar-refractivity contribution in [1.29, 1.82) is 0 Å². The van der Waals surface area contributed by atoms with Gasteiger partial charge in [0.1, 0.15) is 0 Å². The summed E-state index contributed by atoms with van der Waals surface area (Å²) < 4.78 is 16.0. The second-order valence-corrected chi connectivity index (χ2v) is 5.85. The maximum Gasteiger partial charge on any atom is 0.534 e. The van der Waals surface area contributed by atoms with Crippen LogP contribution in [0.15, 0.2) is 30.3 Å². The summed E-state index contributed by atoms with van der Waals surface area (Å²) in [7, 11) is 1.49. The Morgan fingerprint density at radius 1 is 1.23 bits per heavy atom. The van der Waals surface area contributed by atoms with E-state index in [1.807, 2.05) is 6.07 Å². The van der Waals surface area contributed by atoms with E-state index in [1.54, 1.807) is 45.0 Å². The lowest BCUT2D eigenvalue weighted by atomic mass is 10.1. The van der Waals surface area contributed by atoms with Crippen LogP contribution in [0.3, 0.4) is 0 Å². The van der Waals surface area contributed by atoms with Crippen LogP contribution in [0, 0.1) is 0 Å². The largest absolute Gasteiger partial charge is 0.534 e. The molecule has 0 N–H and O–H groups in total. The summed E-state index contributed by atoms with van der Waals surface area (Å²) in [5, 5.41) is 0.327. The number of carbonyl (C=O) groups is 3. The highest BCUT2D eigenvalue weighted by molar-refractivity contribution is 5.85. The van der Waals surface area contributed by atoms with Gasteiger partial charge in [-0.05, 0) is 25.8 Å². The summed E-state index contributed by atoms with van der Waals surface area (Å²) in [5.41, 5.74) is 0.661. The molecule has 2 amide bonds. The number of nitrogens with zero attached hydrogens (tertiary/aromatic N) is 1. The molecule has 26 heavy (non-hydrogen) atoms. The molecule has 0 aliphatic carbocycles. The van der Waals surface area contributed by atoms with Gasteiger partial charge in [0.05, 0.1) is 6.61 Å². The van der Waals surface area contributed by atoms with Crippen LogP contribution in [0.25, 0.3) is 0 Å². The Morgan fingerprint density at radius 2 is 1.88 bits per heavy atom. The molecule has 0 saturated heterocycles. The van der Waals surface area contributed by atoms with Crippen LogP contribution in [0.4, 0.5) is 4.79 Å². The number of hydrogen-bond acceptors (Lipinski definition) is 7. The predicted molar refractivity (Wildman–Crippen MR) is 91.6 cm³/mol. The van der Waals surface area contributed by atoms with Gasteiger partial charge in [0, 0.05) is 13.5 Å². The van der Waals surface area contributed by atoms with Crippen LogP contribution in [0.2, 0.25) is 0 Å². The maximum absolute atomic E-state index is 12.0. The normalized spacial score (nSPS) is 12.2. The lowest BCUT2D eigenvalue weighted by molar-refractivity contribution is -0.213. The molecule has 0 aromatic heterocycles. The summed E-state index contributed by atoms with van der Waals surface area (Å²) in [6.07, 6.45) is -1.29. The molecule has 0 bridgehead atoms. The molecule has 1 rings (SSSR count). The topological polar surface area (TPSA) is 91.4 Å². The van der Waals surface area contributed by atoms with Crippen molar-refractivity contribution in [3.05, 3.63) is 35.9 Å². The second kappa shape index (κ2) is 10.5. The minimum absolute atomic E-state index is 0.00997. The molecule has 0 spiro atoms. The van der Waals surface area contributed by atoms with E-state index < -0.39 is 24.0 Å². The van der Waals surface area contributed by atoms with E-state index in [0.29, 0.717) is 17.0 Å². The number of imide groups is 1. The maximum atomic E-state index is 12.0. The van der Waals surface area contributed by atoms with E-state index in [2.05, 4.69) is 0 Å². The van der Waals surface area contributed by atoms with Crippen molar-refractivity contribution >= 4 is 18.5 Å². The molecule has 0 saturated carbocycles. The fourth-order valence-corrected chi connectivity index (χ4v) is 1.87. The first-order valence-electron chi connectivity index (χ1n) is 8.23. The molecule has 8 nitrogen and oxygen atoms in total. The number of amides is 2. The van der Waals surface area contributed by atoms with Gasteiger partial charge >= 0.3 is 6.16 Å². The summed E-state index contributed by atoms with van der Waals surface area (Å²) in [5.74, 6) is -1.51. The standard InChI is InChI=1S/C18H25NO7/c1-5-9-16(21)19(13-20)26-17(22)25-15(12-24-18(2,3)23-4)14-10-7-6-8-11-14/h6-8,10-11,13,15H,5,9,12H2,1-4H3. The Balaban J connectivity index is 2.79. The number of hydrogen-bond donors (Lipinski definition) is 0. The van der Waals surface area contributed by atoms with E-state index in [4.69, 9.17) is 19.0 Å². The Labute approximate surface area is 152 Å². The van der Waals surface area contributed by atoms with Crippen molar-refractivity contribution in [3.63, 3.8) is 0 Å². The minimum Gasteiger partial charge on any atom is -0.422 e. The van der Waals surface area contributed by atoms with Gasteiger partial charge in [0.25, 0.3) is 12.3 Å². The van der Waals surface area contributed by atoms with Gasteiger partial charge in [-0.2, -0.15) is 0 Å². The number of ether oxygens (including phenoxy) is 3. The molecule has 0 aliphatic heterocycles. The summed E-state index contributed by atoms with van der Waals surface area (Å²) in [4.78, 5) is 39.3. The van der Waals surface area contributed by atoms with Crippen LogP contribution < -0.4 is 0 Å². The van der Waals surface area contributed by atoms with E-state index in [9.17, 15) is 14.4 Å². The fourth-order valence-electron chi connectivity index (χ4n) is 1.87. The molecule has 8 heteroatoms. The average Bonchev–Trinajstić information content (AvgIpc) is 2.64. The molecule has 0 heterocycles. The zero-order valence-corrected chi connectivity index (χ0v) is 15.5. The highest BCUT2D eigenvalue weighted by Crippen LogP contribution is 2.22. The van der Waals surface area contributed by atoms with E-state index >= 15 is 0 Å². The first kappa shape index (κ1) is 21.6. The van der Waals surface area contributed by atoms with Crippen LogP contribution in [-0.2, 0) is 28.6 Å². The SMILES string of the molecule is CCCC(=O)N(C=O)OC(=O)OC(COC(C)(C)OC)c1ccccc1. The van der Waals surface area contributed by atoms with E-state index in [1.165, 1.54) is 7.11 Å². The van der Waals surface area contributed by atoms with Gasteiger partial charge in [-0.25, -0.2) is 4.79 Å². The van der Waals surface area contributed by atoms with Crippen LogP contribution in [-0.4, -0.2) is 43.0 Å². The molecular weight excluding hydrogens is 342 g/mol. The monoisotopic (exact) mass is 367 g/mol. The quantitative estimate of drug-likeness (QED) is 0.287. The third-order valence-electron chi connectivity index (χ3n) is 3.46. The summed E-state index contributed by atoms with van der Waals surface area (Å²) >= 11 is 0. The first-order chi connectivity index (χ1) is 12.3. The molecule has 1 aromatic rings. The molecule has 0 fully saturated rings. The highest BCUT2D eigenvalue weighted by Gasteiger charge is 2.26. The molecule has 0 radical (unpaired) electrons. The molecular formula is C18H25NO7. The number of carbonyl (C=O) groups excluding carboxylic acids is 3. The van der Waals surface area contributed by atoms with Crippen molar-refractivity contribution < 1.29 is 33.4 Å². The highest BCUT2D eigenvalue weighted by atomic mass is 16.8. The van der Waals surface area contributed by atoms with Gasteiger partial charge in [0.15, 0.2) is 11.9 Å².